The molecule has 1 aliphatic carbocycles. The number of carbonyl (C=O) groups excluding carboxylic acids is 2. The van der Waals surface area contributed by atoms with Crippen LogP contribution < -0.4 is 10.6 Å². The molecule has 1 aliphatic rings. The maximum Gasteiger partial charge on any atom is 0.224 e. The number of nitrogens with one attached hydrogen (secondary N) is 2. The van der Waals surface area contributed by atoms with Gasteiger partial charge in [0, 0.05) is 24.4 Å². The van der Waals surface area contributed by atoms with E-state index >= 15 is 0 Å². The maximum atomic E-state index is 13.8. The molecule has 1 fully saturated rings. The summed E-state index contributed by atoms with van der Waals surface area (Å²) in [5.74, 6) is -0.877. The van der Waals surface area contributed by atoms with Crippen LogP contribution in [0.5, 0.6) is 0 Å². The molecule has 0 saturated heterocycles. The Morgan fingerprint density at radius 2 is 2.00 bits per heavy atom. The van der Waals surface area contributed by atoms with Crippen molar-refractivity contribution >= 4 is 23.4 Å². The quantitative estimate of drug-likeness (QED) is 0.764. The molecule has 6 heteroatoms. The second-order valence-electron chi connectivity index (χ2n) is 6.68. The first kappa shape index (κ1) is 19.7. The van der Waals surface area contributed by atoms with Gasteiger partial charge in [0.15, 0.2) is 0 Å². The van der Waals surface area contributed by atoms with Crippen molar-refractivity contribution in [1.29, 1.82) is 0 Å². The zero-order valence-electron chi connectivity index (χ0n) is 14.8. The van der Waals surface area contributed by atoms with Gasteiger partial charge in [-0.2, -0.15) is 0 Å². The predicted octanol–water partition coefficient (Wildman–Crippen LogP) is 3.99. The van der Waals surface area contributed by atoms with Crippen LogP contribution in [-0.4, -0.2) is 18.9 Å². The number of rotatable bonds is 7. The number of carbonyl (C=O) groups is 2. The summed E-state index contributed by atoms with van der Waals surface area (Å²) in [7, 11) is 1.56. The number of hydrogen-bond donors (Lipinski definition) is 2. The van der Waals surface area contributed by atoms with E-state index in [4.69, 9.17) is 11.6 Å². The Balaban J connectivity index is 2.22. The number of benzene rings is 1. The summed E-state index contributed by atoms with van der Waals surface area (Å²) in [6, 6.07) is 3.93. The predicted molar refractivity (Wildman–Crippen MR) is 96.7 cm³/mol. The smallest absolute Gasteiger partial charge is 0.224 e. The van der Waals surface area contributed by atoms with E-state index in [1.807, 2.05) is 6.92 Å². The van der Waals surface area contributed by atoms with Gasteiger partial charge in [-0.3, -0.25) is 9.59 Å². The van der Waals surface area contributed by atoms with Crippen LogP contribution in [0.4, 0.5) is 4.39 Å². The Hall–Kier alpha value is -1.62. The highest BCUT2D eigenvalue weighted by molar-refractivity contribution is 6.31. The van der Waals surface area contributed by atoms with Gasteiger partial charge < -0.3 is 10.6 Å². The van der Waals surface area contributed by atoms with Crippen molar-refractivity contribution in [1.82, 2.24) is 10.6 Å². The van der Waals surface area contributed by atoms with Crippen molar-refractivity contribution in [3.8, 4) is 0 Å². The molecular formula is C19H26ClFN2O2. The summed E-state index contributed by atoms with van der Waals surface area (Å²) in [4.78, 5) is 24.4. The third-order valence-corrected chi connectivity index (χ3v) is 5.38. The third kappa shape index (κ3) is 5.18. The molecule has 0 aliphatic heterocycles. The molecule has 138 valence electrons. The van der Waals surface area contributed by atoms with E-state index in [2.05, 4.69) is 10.6 Å². The lowest BCUT2D eigenvalue weighted by Crippen LogP contribution is -2.38. The standard InChI is InChI=1S/C19H26ClFN2O2/c1-3-12(10-17(24)22-2)19(25)23-18(13-6-4-5-7-13)15-11-14(21)8-9-16(15)20/h8-9,11-13,18H,3-7,10H2,1-2H3,(H,22,24)(H,23,25)/t12-,18?/m1/s1. The molecule has 1 aromatic carbocycles. The Morgan fingerprint density at radius 1 is 1.32 bits per heavy atom. The summed E-state index contributed by atoms with van der Waals surface area (Å²) < 4.78 is 13.8. The SMILES string of the molecule is CC[C@H](CC(=O)NC)C(=O)NC(c1cc(F)ccc1Cl)C1CCCC1. The minimum Gasteiger partial charge on any atom is -0.359 e. The first-order chi connectivity index (χ1) is 12.0. The molecule has 2 atom stereocenters. The van der Waals surface area contributed by atoms with Gasteiger partial charge in [-0.25, -0.2) is 4.39 Å². The molecule has 1 saturated carbocycles. The highest BCUT2D eigenvalue weighted by Crippen LogP contribution is 2.38. The van der Waals surface area contributed by atoms with Crippen LogP contribution >= 0.6 is 11.6 Å². The molecule has 0 aromatic heterocycles. The summed E-state index contributed by atoms with van der Waals surface area (Å²) >= 11 is 6.29. The van der Waals surface area contributed by atoms with E-state index in [1.165, 1.54) is 18.2 Å². The minimum absolute atomic E-state index is 0.146. The topological polar surface area (TPSA) is 58.2 Å². The molecule has 1 aromatic rings. The highest BCUT2D eigenvalue weighted by Gasteiger charge is 2.31. The van der Waals surface area contributed by atoms with Crippen LogP contribution in [0.15, 0.2) is 18.2 Å². The van der Waals surface area contributed by atoms with E-state index in [-0.39, 0.29) is 36.0 Å². The maximum absolute atomic E-state index is 13.8. The molecule has 2 N–H and O–H groups in total. The lowest BCUT2D eigenvalue weighted by Gasteiger charge is -2.28. The van der Waals surface area contributed by atoms with E-state index in [0.717, 1.165) is 25.7 Å². The molecule has 4 nitrogen and oxygen atoms in total. The molecule has 0 radical (unpaired) electrons. The van der Waals surface area contributed by atoms with Crippen molar-refractivity contribution in [3.63, 3.8) is 0 Å². The van der Waals surface area contributed by atoms with Crippen LogP contribution in [0.1, 0.15) is 57.1 Å². The average molecular weight is 369 g/mol. The van der Waals surface area contributed by atoms with Gasteiger partial charge in [-0.15, -0.1) is 0 Å². The van der Waals surface area contributed by atoms with Crippen molar-refractivity contribution in [2.75, 3.05) is 7.05 Å². The second-order valence-corrected chi connectivity index (χ2v) is 7.09. The van der Waals surface area contributed by atoms with Crippen LogP contribution in [0.25, 0.3) is 0 Å². The van der Waals surface area contributed by atoms with Gasteiger partial charge in [0.1, 0.15) is 5.82 Å². The Bertz CT molecular complexity index is 617. The Kier molecular flexibility index (Phi) is 7.24. The fraction of sp³-hybridized carbons (Fsp3) is 0.579. The monoisotopic (exact) mass is 368 g/mol. The van der Waals surface area contributed by atoms with Crippen LogP contribution in [0.2, 0.25) is 5.02 Å². The molecule has 0 bridgehead atoms. The van der Waals surface area contributed by atoms with Crippen molar-refractivity contribution in [3.05, 3.63) is 34.6 Å². The molecule has 0 heterocycles. The van der Waals surface area contributed by atoms with Crippen LogP contribution in [-0.2, 0) is 9.59 Å². The first-order valence-corrected chi connectivity index (χ1v) is 9.30. The lowest BCUT2D eigenvalue weighted by atomic mass is 9.90. The molecule has 2 amide bonds. The normalized spacial score (nSPS) is 17.1. The number of hydrogen-bond acceptors (Lipinski definition) is 2. The van der Waals surface area contributed by atoms with Gasteiger partial charge in [-0.1, -0.05) is 31.4 Å². The third-order valence-electron chi connectivity index (χ3n) is 5.04. The Morgan fingerprint density at radius 3 is 2.60 bits per heavy atom. The van der Waals surface area contributed by atoms with E-state index < -0.39 is 5.92 Å². The minimum atomic E-state index is -0.406. The van der Waals surface area contributed by atoms with Crippen LogP contribution in [0.3, 0.4) is 0 Å². The zero-order chi connectivity index (χ0) is 18.4. The summed E-state index contributed by atoms with van der Waals surface area (Å²) in [5.41, 5.74) is 0.622. The highest BCUT2D eigenvalue weighted by atomic mass is 35.5. The molecule has 0 spiro atoms. The van der Waals surface area contributed by atoms with Gasteiger partial charge >= 0.3 is 0 Å². The lowest BCUT2D eigenvalue weighted by molar-refractivity contribution is -0.131. The molecular weight excluding hydrogens is 343 g/mol. The Labute approximate surface area is 153 Å². The summed E-state index contributed by atoms with van der Waals surface area (Å²) in [6.07, 6.45) is 4.85. The summed E-state index contributed by atoms with van der Waals surface area (Å²) in [6.45, 7) is 1.88. The van der Waals surface area contributed by atoms with Gasteiger partial charge in [-0.05, 0) is 48.9 Å². The van der Waals surface area contributed by atoms with Crippen molar-refractivity contribution < 1.29 is 14.0 Å². The molecule has 2 rings (SSSR count). The molecule has 25 heavy (non-hydrogen) atoms. The van der Waals surface area contributed by atoms with Crippen LogP contribution in [0, 0.1) is 17.7 Å². The molecule has 1 unspecified atom stereocenters. The summed E-state index contributed by atoms with van der Waals surface area (Å²) in [5, 5.41) is 6.06. The fourth-order valence-electron chi connectivity index (χ4n) is 3.51. The van der Waals surface area contributed by atoms with E-state index in [9.17, 15) is 14.0 Å². The van der Waals surface area contributed by atoms with Gasteiger partial charge in [0.25, 0.3) is 0 Å². The largest absolute Gasteiger partial charge is 0.359 e. The second kappa shape index (κ2) is 9.18. The fourth-order valence-corrected chi connectivity index (χ4v) is 3.75. The van der Waals surface area contributed by atoms with E-state index in [1.54, 1.807) is 7.05 Å². The zero-order valence-corrected chi connectivity index (χ0v) is 15.5. The van der Waals surface area contributed by atoms with E-state index in [0.29, 0.717) is 17.0 Å². The average Bonchev–Trinajstić information content (AvgIpc) is 3.13. The number of amides is 2. The first-order valence-electron chi connectivity index (χ1n) is 8.92. The van der Waals surface area contributed by atoms with Crippen molar-refractivity contribution in [2.24, 2.45) is 11.8 Å². The van der Waals surface area contributed by atoms with Gasteiger partial charge in [0.2, 0.25) is 11.8 Å². The van der Waals surface area contributed by atoms with Gasteiger partial charge in [0.05, 0.1) is 6.04 Å². The number of halogens is 2. The van der Waals surface area contributed by atoms with Crippen molar-refractivity contribution in [2.45, 2.75) is 51.5 Å².